The molecule has 1 aliphatic heterocycles. The van der Waals surface area contributed by atoms with Crippen molar-refractivity contribution in [2.45, 2.75) is 57.8 Å². The van der Waals surface area contributed by atoms with Crippen molar-refractivity contribution in [3.05, 3.63) is 113 Å². The van der Waals surface area contributed by atoms with Crippen LogP contribution in [-0.2, 0) is 29.1 Å². The van der Waals surface area contributed by atoms with Gasteiger partial charge in [-0.1, -0.05) is 42.5 Å². The van der Waals surface area contributed by atoms with Gasteiger partial charge in [0.05, 0.1) is 19.4 Å². The number of nitrogens with zero attached hydrogens (tertiary/aromatic N) is 1. The minimum Gasteiger partial charge on any atom is -0.468 e. The fourth-order valence-electron chi connectivity index (χ4n) is 5.42. The fourth-order valence-corrected chi connectivity index (χ4v) is 5.42. The average Bonchev–Trinajstić information content (AvgIpc) is 3.47. The summed E-state index contributed by atoms with van der Waals surface area (Å²) in [6.45, 7) is 4.52. The van der Waals surface area contributed by atoms with Crippen LogP contribution in [-0.4, -0.2) is 29.3 Å². The molecule has 5 rings (SSSR count). The summed E-state index contributed by atoms with van der Waals surface area (Å²) in [7, 11) is 0. The minimum atomic E-state index is -0.773. The van der Waals surface area contributed by atoms with E-state index in [1.54, 1.807) is 35.4 Å². The third kappa shape index (κ3) is 7.18. The summed E-state index contributed by atoms with van der Waals surface area (Å²) in [6.07, 6.45) is 2.53. The number of carbonyl (C=O) groups is 3. The van der Waals surface area contributed by atoms with Crippen molar-refractivity contribution >= 4 is 23.4 Å². The molecule has 8 nitrogen and oxygen atoms in total. The standard InChI is InChI=1S/C34H35FN4O4/c1-34(2,37-20-26-6-5-17-43-26)19-31(40)38-29-15-13-24-18-25(35)14-16-30(24)39(33(29)42)21-22-9-11-23(12-10-22)27-7-3-4-8-28(27)32(36)41/h3-12,14,16-18,29,37H,13,15,19-21H2,1-2H3,(H2,36,41)(H,38,40). The third-order valence-electron chi connectivity index (χ3n) is 7.66. The van der Waals surface area contributed by atoms with E-state index in [2.05, 4.69) is 10.6 Å². The number of rotatable bonds is 10. The molecule has 0 bridgehead atoms. The highest BCUT2D eigenvalue weighted by Gasteiger charge is 2.33. The smallest absolute Gasteiger partial charge is 0.249 e. The molecule has 4 aromatic rings. The topological polar surface area (TPSA) is 118 Å². The van der Waals surface area contributed by atoms with E-state index >= 15 is 0 Å². The van der Waals surface area contributed by atoms with Crippen molar-refractivity contribution in [3.63, 3.8) is 0 Å². The van der Waals surface area contributed by atoms with E-state index in [0.29, 0.717) is 36.2 Å². The molecule has 1 aromatic heterocycles. The van der Waals surface area contributed by atoms with Crippen LogP contribution in [0.5, 0.6) is 0 Å². The van der Waals surface area contributed by atoms with Crippen LogP contribution in [0.3, 0.4) is 0 Å². The molecular weight excluding hydrogens is 547 g/mol. The summed E-state index contributed by atoms with van der Waals surface area (Å²) in [4.78, 5) is 40.6. The van der Waals surface area contributed by atoms with Gasteiger partial charge in [0.15, 0.2) is 0 Å². The van der Waals surface area contributed by atoms with Crippen LogP contribution >= 0.6 is 0 Å². The van der Waals surface area contributed by atoms with Crippen LogP contribution in [0.15, 0.2) is 89.5 Å². The molecular formula is C34H35FN4O4. The van der Waals surface area contributed by atoms with Crippen LogP contribution in [0.1, 0.15) is 53.9 Å². The lowest BCUT2D eigenvalue weighted by Crippen LogP contribution is -2.50. The van der Waals surface area contributed by atoms with E-state index in [9.17, 15) is 18.8 Å². The van der Waals surface area contributed by atoms with Crippen molar-refractivity contribution < 1.29 is 23.2 Å². The lowest BCUT2D eigenvalue weighted by Gasteiger charge is -2.29. The largest absolute Gasteiger partial charge is 0.468 e. The molecule has 2 heterocycles. The molecule has 0 fully saturated rings. The lowest BCUT2D eigenvalue weighted by molar-refractivity contribution is -0.128. The van der Waals surface area contributed by atoms with E-state index in [-0.39, 0.29) is 30.6 Å². The molecule has 9 heteroatoms. The number of furan rings is 1. The molecule has 0 aliphatic carbocycles. The molecule has 0 spiro atoms. The number of carbonyl (C=O) groups excluding carboxylic acids is 3. The molecule has 222 valence electrons. The highest BCUT2D eigenvalue weighted by atomic mass is 19.1. The van der Waals surface area contributed by atoms with Gasteiger partial charge < -0.3 is 25.7 Å². The Balaban J connectivity index is 1.33. The second-order valence-corrected chi connectivity index (χ2v) is 11.5. The van der Waals surface area contributed by atoms with Crippen molar-refractivity contribution in [3.8, 4) is 11.1 Å². The van der Waals surface area contributed by atoms with Gasteiger partial charge in [0.2, 0.25) is 17.7 Å². The number of hydrogen-bond donors (Lipinski definition) is 3. The Morgan fingerprint density at radius 1 is 1.05 bits per heavy atom. The Morgan fingerprint density at radius 2 is 1.81 bits per heavy atom. The molecule has 1 aliphatic rings. The second kappa shape index (κ2) is 12.6. The van der Waals surface area contributed by atoms with Gasteiger partial charge in [-0.05, 0) is 85.3 Å². The summed E-state index contributed by atoms with van der Waals surface area (Å²) < 4.78 is 19.6. The number of nitrogens with one attached hydrogen (secondary N) is 2. The zero-order valence-electron chi connectivity index (χ0n) is 24.2. The normalized spacial score (nSPS) is 15.1. The van der Waals surface area contributed by atoms with E-state index in [0.717, 1.165) is 22.5 Å². The lowest BCUT2D eigenvalue weighted by atomic mass is 9.98. The van der Waals surface area contributed by atoms with Crippen molar-refractivity contribution in [1.82, 2.24) is 10.6 Å². The van der Waals surface area contributed by atoms with E-state index < -0.39 is 17.5 Å². The number of fused-ring (bicyclic) bond motifs is 1. The van der Waals surface area contributed by atoms with Gasteiger partial charge in [0, 0.05) is 23.2 Å². The summed E-state index contributed by atoms with van der Waals surface area (Å²) in [6, 6.07) is 21.9. The average molecular weight is 583 g/mol. The Kier molecular flexibility index (Phi) is 8.73. The molecule has 43 heavy (non-hydrogen) atoms. The van der Waals surface area contributed by atoms with Crippen molar-refractivity contribution in [2.24, 2.45) is 5.73 Å². The first kappa shape index (κ1) is 29.7. The Hall–Kier alpha value is -4.76. The van der Waals surface area contributed by atoms with Gasteiger partial charge >= 0.3 is 0 Å². The van der Waals surface area contributed by atoms with Crippen LogP contribution < -0.4 is 21.3 Å². The predicted molar refractivity (Wildman–Crippen MR) is 162 cm³/mol. The quantitative estimate of drug-likeness (QED) is 0.240. The molecule has 3 amide bonds. The number of aryl methyl sites for hydroxylation is 1. The summed E-state index contributed by atoms with van der Waals surface area (Å²) in [5.74, 6) is -0.648. The van der Waals surface area contributed by atoms with Gasteiger partial charge in [-0.25, -0.2) is 4.39 Å². The van der Waals surface area contributed by atoms with Gasteiger partial charge in [-0.15, -0.1) is 0 Å². The maximum atomic E-state index is 14.2. The number of amides is 3. The van der Waals surface area contributed by atoms with E-state index in [4.69, 9.17) is 10.2 Å². The van der Waals surface area contributed by atoms with Crippen LogP contribution in [0.2, 0.25) is 0 Å². The monoisotopic (exact) mass is 582 g/mol. The molecule has 0 radical (unpaired) electrons. The van der Waals surface area contributed by atoms with Crippen LogP contribution in [0, 0.1) is 5.82 Å². The zero-order chi connectivity index (χ0) is 30.6. The first-order valence-corrected chi connectivity index (χ1v) is 14.2. The molecule has 0 saturated carbocycles. The molecule has 1 atom stereocenters. The fraction of sp³-hybridized carbons (Fsp3) is 0.265. The van der Waals surface area contributed by atoms with E-state index in [1.807, 2.05) is 56.3 Å². The van der Waals surface area contributed by atoms with Gasteiger partial charge in [-0.2, -0.15) is 0 Å². The van der Waals surface area contributed by atoms with Gasteiger partial charge in [0.1, 0.15) is 17.6 Å². The molecule has 3 aromatic carbocycles. The SMILES string of the molecule is CC(C)(CC(=O)NC1CCc2cc(F)ccc2N(Cc2ccc(-c3ccccc3C(N)=O)cc2)C1=O)NCc1ccco1. The first-order chi connectivity index (χ1) is 20.6. The minimum absolute atomic E-state index is 0.146. The zero-order valence-corrected chi connectivity index (χ0v) is 24.2. The van der Waals surface area contributed by atoms with Crippen molar-refractivity contribution in [1.29, 1.82) is 0 Å². The summed E-state index contributed by atoms with van der Waals surface area (Å²) in [5, 5.41) is 6.26. The summed E-state index contributed by atoms with van der Waals surface area (Å²) in [5.41, 5.74) is 9.13. The second-order valence-electron chi connectivity index (χ2n) is 11.5. The number of anilines is 1. The van der Waals surface area contributed by atoms with Crippen molar-refractivity contribution in [2.75, 3.05) is 4.90 Å². The maximum absolute atomic E-state index is 14.2. The number of nitrogens with two attached hydrogens (primary N) is 1. The first-order valence-electron chi connectivity index (χ1n) is 14.2. The maximum Gasteiger partial charge on any atom is 0.249 e. The molecule has 0 saturated heterocycles. The predicted octanol–water partition coefficient (Wildman–Crippen LogP) is 5.11. The van der Waals surface area contributed by atoms with E-state index in [1.165, 1.54) is 12.1 Å². The Bertz CT molecular complexity index is 1620. The van der Waals surface area contributed by atoms with Gasteiger partial charge in [0.25, 0.3) is 0 Å². The highest BCUT2D eigenvalue weighted by molar-refractivity contribution is 6.01. The molecule has 4 N–H and O–H groups in total. The summed E-state index contributed by atoms with van der Waals surface area (Å²) >= 11 is 0. The third-order valence-corrected chi connectivity index (χ3v) is 7.66. The number of primary amides is 1. The molecule has 1 unspecified atom stereocenters. The highest BCUT2D eigenvalue weighted by Crippen LogP contribution is 2.31. The Labute approximate surface area is 250 Å². The number of hydrogen-bond acceptors (Lipinski definition) is 5. The van der Waals surface area contributed by atoms with Crippen LogP contribution in [0.4, 0.5) is 10.1 Å². The van der Waals surface area contributed by atoms with Crippen LogP contribution in [0.25, 0.3) is 11.1 Å². The Morgan fingerprint density at radius 3 is 2.53 bits per heavy atom. The number of benzene rings is 3. The van der Waals surface area contributed by atoms with Gasteiger partial charge in [-0.3, -0.25) is 14.4 Å². The number of halogens is 1.